The molecule has 0 spiro atoms. The molecule has 0 aliphatic carbocycles. The number of hydrogen-bond donors (Lipinski definition) is 1. The molecule has 1 amide bonds. The summed E-state index contributed by atoms with van der Waals surface area (Å²) in [6.07, 6.45) is 0.677. The van der Waals surface area contributed by atoms with Gasteiger partial charge in [0, 0.05) is 16.8 Å². The number of nitrogens with zero attached hydrogens (tertiary/aromatic N) is 1. The Morgan fingerprint density at radius 2 is 1.89 bits per heavy atom. The Bertz CT molecular complexity index is 1060. The number of ether oxygens (including phenoxy) is 1. The van der Waals surface area contributed by atoms with Gasteiger partial charge >= 0.3 is 5.97 Å². The van der Waals surface area contributed by atoms with E-state index in [1.807, 2.05) is 38.1 Å². The highest BCUT2D eigenvalue weighted by Gasteiger charge is 2.19. The minimum Gasteiger partial charge on any atom is -0.452 e. The normalized spacial score (nSPS) is 10.7. The highest BCUT2D eigenvalue weighted by Crippen LogP contribution is 2.24. The molecule has 0 atom stereocenters. The number of halogens is 1. The van der Waals surface area contributed by atoms with Crippen molar-refractivity contribution in [1.82, 2.24) is 4.98 Å². The molecule has 0 radical (unpaired) electrons. The number of pyridine rings is 1. The molecule has 0 bridgehead atoms. The number of amides is 1. The minimum absolute atomic E-state index is 0.347. The third kappa shape index (κ3) is 4.01. The van der Waals surface area contributed by atoms with Gasteiger partial charge in [0.1, 0.15) is 5.82 Å². The molecule has 1 aromatic heterocycles. The van der Waals surface area contributed by atoms with Crippen LogP contribution in [-0.2, 0) is 16.0 Å². The lowest BCUT2D eigenvalue weighted by Gasteiger charge is -2.13. The smallest absolute Gasteiger partial charge is 0.339 e. The van der Waals surface area contributed by atoms with E-state index in [1.165, 1.54) is 12.1 Å². The number of benzene rings is 2. The fourth-order valence-corrected chi connectivity index (χ4v) is 3.08. The monoisotopic (exact) mass is 380 g/mol. The van der Waals surface area contributed by atoms with Gasteiger partial charge in [-0.1, -0.05) is 31.2 Å². The van der Waals surface area contributed by atoms with Crippen LogP contribution in [0.1, 0.15) is 34.1 Å². The number of hydrogen-bond acceptors (Lipinski definition) is 4. The van der Waals surface area contributed by atoms with Crippen molar-refractivity contribution in [1.29, 1.82) is 0 Å². The molecule has 6 heteroatoms. The second-order valence-electron chi connectivity index (χ2n) is 6.51. The summed E-state index contributed by atoms with van der Waals surface area (Å²) < 4.78 is 18.6. The van der Waals surface area contributed by atoms with E-state index in [4.69, 9.17) is 4.74 Å². The van der Waals surface area contributed by atoms with Gasteiger partial charge in [0.2, 0.25) is 0 Å². The molecule has 0 aliphatic heterocycles. The topological polar surface area (TPSA) is 68.3 Å². The van der Waals surface area contributed by atoms with Gasteiger partial charge in [-0.15, -0.1) is 0 Å². The van der Waals surface area contributed by atoms with Crippen LogP contribution in [0.5, 0.6) is 0 Å². The molecule has 144 valence electrons. The van der Waals surface area contributed by atoms with Crippen molar-refractivity contribution in [2.24, 2.45) is 0 Å². The second-order valence-corrected chi connectivity index (χ2v) is 6.51. The molecule has 2 aromatic carbocycles. The van der Waals surface area contributed by atoms with Crippen molar-refractivity contribution in [3.8, 4) is 0 Å². The first-order valence-corrected chi connectivity index (χ1v) is 9.02. The second kappa shape index (κ2) is 8.17. The Hall–Kier alpha value is -3.28. The van der Waals surface area contributed by atoms with Crippen molar-refractivity contribution < 1.29 is 18.7 Å². The Labute approximate surface area is 162 Å². The van der Waals surface area contributed by atoms with Gasteiger partial charge in [0.15, 0.2) is 6.61 Å². The molecule has 0 aliphatic rings. The first-order chi connectivity index (χ1) is 13.4. The molecule has 0 saturated heterocycles. The number of esters is 1. The van der Waals surface area contributed by atoms with E-state index < -0.39 is 24.3 Å². The van der Waals surface area contributed by atoms with Crippen molar-refractivity contribution in [2.75, 3.05) is 11.9 Å². The summed E-state index contributed by atoms with van der Waals surface area (Å²) in [7, 11) is 0. The Morgan fingerprint density at radius 3 is 2.64 bits per heavy atom. The van der Waals surface area contributed by atoms with Crippen molar-refractivity contribution in [3.63, 3.8) is 0 Å². The summed E-state index contributed by atoms with van der Waals surface area (Å²) in [4.78, 5) is 29.5. The standard InChI is InChI=1S/C22H21FN2O3/c1-4-17-14(3)21(16-7-5-6-8-18(16)24-17)22(27)28-12-20(26)25-19-11-15(23)10-9-13(19)2/h5-11H,4,12H2,1-3H3,(H,25,26). The van der Waals surface area contributed by atoms with Gasteiger partial charge in [0.25, 0.3) is 5.91 Å². The zero-order chi connectivity index (χ0) is 20.3. The van der Waals surface area contributed by atoms with Gasteiger partial charge in [-0.25, -0.2) is 9.18 Å². The maximum absolute atomic E-state index is 13.4. The molecule has 3 aromatic rings. The molecule has 5 nitrogen and oxygen atoms in total. The average molecular weight is 380 g/mol. The molecule has 0 saturated carbocycles. The highest BCUT2D eigenvalue weighted by molar-refractivity contribution is 6.06. The SMILES string of the molecule is CCc1nc2ccccc2c(C(=O)OCC(=O)Nc2cc(F)ccc2C)c1C. The summed E-state index contributed by atoms with van der Waals surface area (Å²) in [5, 5.41) is 3.25. The van der Waals surface area contributed by atoms with Crippen molar-refractivity contribution in [2.45, 2.75) is 27.2 Å². The third-order valence-corrected chi connectivity index (χ3v) is 4.58. The molecular weight excluding hydrogens is 359 g/mol. The van der Waals surface area contributed by atoms with Crippen LogP contribution < -0.4 is 5.32 Å². The van der Waals surface area contributed by atoms with Gasteiger partial charge in [-0.05, 0) is 49.6 Å². The maximum atomic E-state index is 13.4. The first-order valence-electron chi connectivity index (χ1n) is 9.02. The molecular formula is C22H21FN2O3. The predicted molar refractivity (Wildman–Crippen MR) is 106 cm³/mol. The summed E-state index contributed by atoms with van der Waals surface area (Å²) in [6.45, 7) is 5.07. The molecule has 1 heterocycles. The van der Waals surface area contributed by atoms with Gasteiger partial charge < -0.3 is 10.1 Å². The quantitative estimate of drug-likeness (QED) is 0.668. The number of fused-ring (bicyclic) bond motifs is 1. The van der Waals surface area contributed by atoms with E-state index >= 15 is 0 Å². The van der Waals surface area contributed by atoms with Crippen LogP contribution in [0.4, 0.5) is 10.1 Å². The van der Waals surface area contributed by atoms with E-state index in [0.717, 1.165) is 11.3 Å². The van der Waals surface area contributed by atoms with Gasteiger partial charge in [-0.3, -0.25) is 9.78 Å². The lowest BCUT2D eigenvalue weighted by molar-refractivity contribution is -0.119. The largest absolute Gasteiger partial charge is 0.452 e. The zero-order valence-corrected chi connectivity index (χ0v) is 16.0. The van der Waals surface area contributed by atoms with Gasteiger partial charge in [0.05, 0.1) is 11.1 Å². The van der Waals surface area contributed by atoms with Crippen LogP contribution in [0.15, 0.2) is 42.5 Å². The number of aryl methyl sites for hydroxylation is 2. The van der Waals surface area contributed by atoms with Crippen LogP contribution in [0.3, 0.4) is 0 Å². The van der Waals surface area contributed by atoms with Crippen LogP contribution in [0, 0.1) is 19.7 Å². The molecule has 0 fully saturated rings. The highest BCUT2D eigenvalue weighted by atomic mass is 19.1. The Kier molecular flexibility index (Phi) is 5.68. The van der Waals surface area contributed by atoms with Gasteiger partial charge in [-0.2, -0.15) is 0 Å². The molecule has 1 N–H and O–H groups in total. The van der Waals surface area contributed by atoms with Crippen LogP contribution >= 0.6 is 0 Å². The van der Waals surface area contributed by atoms with E-state index in [0.29, 0.717) is 34.1 Å². The van der Waals surface area contributed by atoms with Crippen LogP contribution in [0.2, 0.25) is 0 Å². The number of anilines is 1. The summed E-state index contributed by atoms with van der Waals surface area (Å²) >= 11 is 0. The molecule has 28 heavy (non-hydrogen) atoms. The average Bonchev–Trinajstić information content (AvgIpc) is 2.68. The summed E-state index contributed by atoms with van der Waals surface area (Å²) in [5.41, 5.74) is 3.73. The summed E-state index contributed by atoms with van der Waals surface area (Å²) in [5.74, 6) is -1.57. The fraction of sp³-hybridized carbons (Fsp3) is 0.227. The first kappa shape index (κ1) is 19.5. The number of carbonyl (C=O) groups excluding carboxylic acids is 2. The van der Waals surface area contributed by atoms with E-state index in [1.54, 1.807) is 13.0 Å². The lowest BCUT2D eigenvalue weighted by atomic mass is 10.0. The zero-order valence-electron chi connectivity index (χ0n) is 16.0. The maximum Gasteiger partial charge on any atom is 0.339 e. The summed E-state index contributed by atoms with van der Waals surface area (Å²) in [6, 6.07) is 11.4. The number of carbonyl (C=O) groups is 2. The van der Waals surface area contributed by atoms with Crippen LogP contribution in [-0.4, -0.2) is 23.5 Å². The Balaban J connectivity index is 1.79. The number of nitrogens with one attached hydrogen (secondary N) is 1. The molecule has 0 unspecified atom stereocenters. The number of aromatic nitrogens is 1. The minimum atomic E-state index is -0.586. The molecule has 3 rings (SSSR count). The van der Waals surface area contributed by atoms with E-state index in [9.17, 15) is 14.0 Å². The van der Waals surface area contributed by atoms with E-state index in [-0.39, 0.29) is 0 Å². The Morgan fingerprint density at radius 1 is 1.14 bits per heavy atom. The van der Waals surface area contributed by atoms with Crippen molar-refractivity contribution >= 4 is 28.5 Å². The van der Waals surface area contributed by atoms with Crippen molar-refractivity contribution in [3.05, 3.63) is 70.7 Å². The number of rotatable bonds is 5. The third-order valence-electron chi connectivity index (χ3n) is 4.58. The number of para-hydroxylation sites is 1. The van der Waals surface area contributed by atoms with Crippen LogP contribution in [0.25, 0.3) is 10.9 Å². The lowest BCUT2D eigenvalue weighted by Crippen LogP contribution is -2.22. The predicted octanol–water partition coefficient (Wildman–Crippen LogP) is 4.35. The van der Waals surface area contributed by atoms with E-state index in [2.05, 4.69) is 10.3 Å². The fourth-order valence-electron chi connectivity index (χ4n) is 3.08.